The minimum atomic E-state index is -0.176. The fraction of sp³-hybridized carbons (Fsp3) is 0.538. The van der Waals surface area contributed by atoms with E-state index in [1.54, 1.807) is 11.0 Å². The Kier molecular flexibility index (Phi) is 4.97. The number of hydrogen-bond acceptors (Lipinski definition) is 5. The van der Waals surface area contributed by atoms with Crippen LogP contribution in [0.25, 0.3) is 0 Å². The summed E-state index contributed by atoms with van der Waals surface area (Å²) in [6, 6.07) is 1.67. The number of nitrogens with one attached hydrogen (secondary N) is 1. The van der Waals surface area contributed by atoms with Gasteiger partial charge in [-0.1, -0.05) is 0 Å². The molecule has 1 aliphatic heterocycles. The Morgan fingerprint density at radius 1 is 1.45 bits per heavy atom. The summed E-state index contributed by atoms with van der Waals surface area (Å²) in [5.74, 6) is -0.125. The first-order chi connectivity index (χ1) is 9.58. The number of nitrogens with zero attached hydrogens (tertiary/aromatic N) is 1. The summed E-state index contributed by atoms with van der Waals surface area (Å²) in [6.45, 7) is 4.66. The van der Waals surface area contributed by atoms with Gasteiger partial charge in [0, 0.05) is 36.6 Å². The van der Waals surface area contributed by atoms with Crippen molar-refractivity contribution in [2.75, 3.05) is 38.6 Å². The molecule has 0 atom stereocenters. The third-order valence-electron chi connectivity index (χ3n) is 3.17. The van der Waals surface area contributed by atoms with E-state index in [-0.39, 0.29) is 11.8 Å². The van der Waals surface area contributed by atoms with Gasteiger partial charge in [0.05, 0.1) is 18.1 Å². The summed E-state index contributed by atoms with van der Waals surface area (Å²) in [5.41, 5.74) is 6.34. The molecule has 2 rings (SSSR count). The fourth-order valence-electron chi connectivity index (χ4n) is 1.95. The summed E-state index contributed by atoms with van der Waals surface area (Å²) >= 11 is 1.36. The second-order valence-electron chi connectivity index (χ2n) is 4.62. The van der Waals surface area contributed by atoms with Gasteiger partial charge in [0.1, 0.15) is 0 Å². The molecular formula is C13H19N3O3S. The lowest BCUT2D eigenvalue weighted by Gasteiger charge is -2.26. The number of aryl methyl sites for hydroxylation is 1. The third-order valence-corrected chi connectivity index (χ3v) is 4.23. The zero-order valence-corrected chi connectivity index (χ0v) is 12.3. The maximum atomic E-state index is 11.9. The highest BCUT2D eigenvalue weighted by molar-refractivity contribution is 7.14. The summed E-state index contributed by atoms with van der Waals surface area (Å²) in [6.07, 6.45) is 0.311. The van der Waals surface area contributed by atoms with Crippen LogP contribution in [0.15, 0.2) is 6.07 Å². The number of nitrogen functional groups attached to an aromatic ring is 1. The van der Waals surface area contributed by atoms with E-state index in [1.165, 1.54) is 11.3 Å². The molecule has 0 saturated carbocycles. The molecule has 1 aromatic heterocycles. The highest BCUT2D eigenvalue weighted by Gasteiger charge is 2.17. The molecule has 1 aromatic rings. The number of amides is 2. The van der Waals surface area contributed by atoms with Crippen LogP contribution in [0.1, 0.15) is 21.0 Å². The number of anilines is 1. The first-order valence-corrected chi connectivity index (χ1v) is 7.39. The molecule has 0 aliphatic carbocycles. The van der Waals surface area contributed by atoms with Crippen molar-refractivity contribution < 1.29 is 14.3 Å². The van der Waals surface area contributed by atoms with Crippen LogP contribution in [0.4, 0.5) is 5.69 Å². The first kappa shape index (κ1) is 14.8. The zero-order chi connectivity index (χ0) is 14.5. The number of nitrogens with two attached hydrogens (primary N) is 1. The molecule has 20 heavy (non-hydrogen) atoms. The van der Waals surface area contributed by atoms with Crippen molar-refractivity contribution in [1.82, 2.24) is 10.2 Å². The van der Waals surface area contributed by atoms with Gasteiger partial charge in [-0.05, 0) is 13.0 Å². The Bertz CT molecular complexity index is 476. The van der Waals surface area contributed by atoms with Crippen LogP contribution >= 0.6 is 11.3 Å². The number of morpholine rings is 1. The number of hydrogen-bond donors (Lipinski definition) is 2. The molecule has 6 nitrogen and oxygen atoms in total. The molecule has 1 aliphatic rings. The number of thiophene rings is 1. The Morgan fingerprint density at radius 3 is 2.75 bits per heavy atom. The maximum absolute atomic E-state index is 11.9. The highest BCUT2D eigenvalue weighted by Crippen LogP contribution is 2.23. The molecule has 3 N–H and O–H groups in total. The molecule has 0 radical (unpaired) electrons. The molecule has 1 saturated heterocycles. The molecule has 0 unspecified atom stereocenters. The van der Waals surface area contributed by atoms with Crippen LogP contribution < -0.4 is 11.1 Å². The largest absolute Gasteiger partial charge is 0.398 e. The lowest BCUT2D eigenvalue weighted by Crippen LogP contribution is -2.41. The maximum Gasteiger partial charge on any atom is 0.261 e. The van der Waals surface area contributed by atoms with Crippen LogP contribution in [0, 0.1) is 6.92 Å². The minimum absolute atomic E-state index is 0.0514. The lowest BCUT2D eigenvalue weighted by atomic mass is 10.3. The van der Waals surface area contributed by atoms with E-state index in [1.807, 2.05) is 6.92 Å². The highest BCUT2D eigenvalue weighted by atomic mass is 32.1. The van der Waals surface area contributed by atoms with Crippen molar-refractivity contribution in [1.29, 1.82) is 0 Å². The Balaban J connectivity index is 1.75. The van der Waals surface area contributed by atoms with E-state index in [2.05, 4.69) is 5.32 Å². The normalized spacial score (nSPS) is 15.2. The molecule has 7 heteroatoms. The SMILES string of the molecule is Cc1sc(C(=O)NCCC(=O)N2CCOCC2)cc1N. The fourth-order valence-corrected chi connectivity index (χ4v) is 2.81. The van der Waals surface area contributed by atoms with Crippen LogP contribution in [-0.4, -0.2) is 49.6 Å². The molecule has 0 spiro atoms. The van der Waals surface area contributed by atoms with E-state index in [0.29, 0.717) is 49.8 Å². The monoisotopic (exact) mass is 297 g/mol. The Hall–Kier alpha value is -1.60. The molecule has 1 fully saturated rings. The van der Waals surface area contributed by atoms with Crippen molar-refractivity contribution in [2.45, 2.75) is 13.3 Å². The second-order valence-corrected chi connectivity index (χ2v) is 5.88. The average molecular weight is 297 g/mol. The first-order valence-electron chi connectivity index (χ1n) is 6.57. The van der Waals surface area contributed by atoms with Gasteiger partial charge in [-0.15, -0.1) is 11.3 Å². The summed E-state index contributed by atoms with van der Waals surface area (Å²) in [7, 11) is 0. The lowest BCUT2D eigenvalue weighted by molar-refractivity contribution is -0.135. The van der Waals surface area contributed by atoms with Crippen LogP contribution in [0.2, 0.25) is 0 Å². The number of carbonyl (C=O) groups is 2. The van der Waals surface area contributed by atoms with Gasteiger partial charge in [0.2, 0.25) is 5.91 Å². The van der Waals surface area contributed by atoms with Crippen molar-refractivity contribution in [3.63, 3.8) is 0 Å². The van der Waals surface area contributed by atoms with Crippen molar-refractivity contribution in [3.05, 3.63) is 15.8 Å². The topological polar surface area (TPSA) is 84.7 Å². The summed E-state index contributed by atoms with van der Waals surface area (Å²) in [5, 5.41) is 2.75. The van der Waals surface area contributed by atoms with E-state index in [0.717, 1.165) is 4.88 Å². The van der Waals surface area contributed by atoms with Crippen LogP contribution in [0.3, 0.4) is 0 Å². The van der Waals surface area contributed by atoms with E-state index < -0.39 is 0 Å². The minimum Gasteiger partial charge on any atom is -0.398 e. The van der Waals surface area contributed by atoms with Crippen molar-refractivity contribution >= 4 is 28.8 Å². The van der Waals surface area contributed by atoms with Gasteiger partial charge in [-0.3, -0.25) is 9.59 Å². The smallest absolute Gasteiger partial charge is 0.261 e. The Labute approximate surface area is 121 Å². The quantitative estimate of drug-likeness (QED) is 0.853. The number of carbonyl (C=O) groups excluding carboxylic acids is 2. The van der Waals surface area contributed by atoms with E-state index in [4.69, 9.17) is 10.5 Å². The predicted octanol–water partition coefficient (Wildman–Crippen LogP) is 0.617. The average Bonchev–Trinajstić information content (AvgIpc) is 2.79. The van der Waals surface area contributed by atoms with Gasteiger partial charge in [0.15, 0.2) is 0 Å². The second kappa shape index (κ2) is 6.71. The van der Waals surface area contributed by atoms with Gasteiger partial charge in [0.25, 0.3) is 5.91 Å². The molecular weight excluding hydrogens is 278 g/mol. The van der Waals surface area contributed by atoms with Crippen LogP contribution in [-0.2, 0) is 9.53 Å². The standard InChI is InChI=1S/C13H19N3O3S/c1-9-10(14)8-11(20-9)13(18)15-3-2-12(17)16-4-6-19-7-5-16/h8H,2-7,14H2,1H3,(H,15,18). The van der Waals surface area contributed by atoms with Gasteiger partial charge in [-0.25, -0.2) is 0 Å². The van der Waals surface area contributed by atoms with E-state index in [9.17, 15) is 9.59 Å². The van der Waals surface area contributed by atoms with Crippen molar-refractivity contribution in [3.8, 4) is 0 Å². The van der Waals surface area contributed by atoms with Crippen molar-refractivity contribution in [2.24, 2.45) is 0 Å². The molecule has 0 aromatic carbocycles. The number of rotatable bonds is 4. The molecule has 0 bridgehead atoms. The molecule has 110 valence electrons. The molecule has 2 heterocycles. The van der Waals surface area contributed by atoms with Gasteiger partial charge in [-0.2, -0.15) is 0 Å². The van der Waals surface area contributed by atoms with E-state index >= 15 is 0 Å². The summed E-state index contributed by atoms with van der Waals surface area (Å²) in [4.78, 5) is 27.0. The zero-order valence-electron chi connectivity index (χ0n) is 11.5. The van der Waals surface area contributed by atoms with Gasteiger partial charge >= 0.3 is 0 Å². The van der Waals surface area contributed by atoms with Gasteiger partial charge < -0.3 is 20.7 Å². The summed E-state index contributed by atoms with van der Waals surface area (Å²) < 4.78 is 5.19. The Morgan fingerprint density at radius 2 is 2.15 bits per heavy atom. The number of ether oxygens (including phenoxy) is 1. The molecule has 2 amide bonds. The third kappa shape index (κ3) is 3.71. The van der Waals surface area contributed by atoms with Crippen LogP contribution in [0.5, 0.6) is 0 Å². The predicted molar refractivity (Wildman–Crippen MR) is 77.8 cm³/mol.